The molecule has 0 saturated heterocycles. The summed E-state index contributed by atoms with van der Waals surface area (Å²) in [6.07, 6.45) is 0. The zero-order valence-electron chi connectivity index (χ0n) is 9.32. The maximum Gasteiger partial charge on any atom is 0.153 e. The molecule has 0 atom stereocenters. The highest BCUT2D eigenvalue weighted by atomic mass is 127. The predicted molar refractivity (Wildman–Crippen MR) is 70.9 cm³/mol. The first-order valence-corrected chi connectivity index (χ1v) is 4.74. The Morgan fingerprint density at radius 3 is 2.17 bits per heavy atom. The highest BCUT2D eigenvalue weighted by Crippen LogP contribution is 2.23. The Morgan fingerprint density at radius 2 is 1.56 bits per heavy atom. The molecule has 0 aliphatic heterocycles. The zero-order valence-corrected chi connectivity index (χ0v) is 12.3. The summed E-state index contributed by atoms with van der Waals surface area (Å²) >= 11 is 0. The minimum Gasteiger partial charge on any atom is -1.00 e. The van der Waals surface area contributed by atoms with E-state index in [0.717, 1.165) is 5.69 Å². The third-order valence-electron chi connectivity index (χ3n) is 1.95. The van der Waals surface area contributed by atoms with Crippen molar-refractivity contribution in [3.8, 4) is 0 Å². The number of benzene rings is 1. The molecule has 4 N–H and O–H groups in total. The summed E-state index contributed by atoms with van der Waals surface area (Å²) < 4.78 is 0. The van der Waals surface area contributed by atoms with E-state index in [2.05, 4.69) is 15.2 Å². The number of pyridine rings is 1. The van der Waals surface area contributed by atoms with E-state index in [1.54, 1.807) is 12.1 Å². The Labute approximate surface area is 128 Å². The van der Waals surface area contributed by atoms with E-state index < -0.39 is 0 Å². The van der Waals surface area contributed by atoms with Crippen LogP contribution in [-0.4, -0.2) is 4.98 Å². The van der Waals surface area contributed by atoms with Crippen LogP contribution in [0, 0.1) is 0 Å². The van der Waals surface area contributed by atoms with Crippen LogP contribution in [0.3, 0.4) is 0 Å². The predicted octanol–water partition coefficient (Wildman–Crippen LogP) is 0.0872. The standard InChI is InChI=1S/C11H11N5.ClH.HI/c12-10-7-6-9(11(13)14-10)16-15-8-4-2-1-3-5-8;;/h1-7H,(H4,12,13,14);2*1H/p-1. The Kier molecular flexibility index (Phi) is 7.21. The summed E-state index contributed by atoms with van der Waals surface area (Å²) in [6.45, 7) is 0. The van der Waals surface area contributed by atoms with Crippen LogP contribution in [0.25, 0.3) is 0 Å². The number of aromatic nitrogens is 1. The van der Waals surface area contributed by atoms with Crippen molar-refractivity contribution in [1.82, 2.24) is 4.98 Å². The van der Waals surface area contributed by atoms with Crippen LogP contribution in [-0.2, 0) is 0 Å². The normalized spacial score (nSPS) is 9.56. The van der Waals surface area contributed by atoms with Gasteiger partial charge in [0.25, 0.3) is 0 Å². The Morgan fingerprint density at radius 1 is 0.889 bits per heavy atom. The maximum atomic E-state index is 5.64. The average molecular weight is 377 g/mol. The van der Waals surface area contributed by atoms with Crippen molar-refractivity contribution in [2.75, 3.05) is 11.5 Å². The average Bonchev–Trinajstić information content (AvgIpc) is 2.29. The van der Waals surface area contributed by atoms with E-state index in [4.69, 9.17) is 11.5 Å². The van der Waals surface area contributed by atoms with Gasteiger partial charge >= 0.3 is 0 Å². The Balaban J connectivity index is 0.00000144. The van der Waals surface area contributed by atoms with Gasteiger partial charge in [0, 0.05) is 0 Å². The van der Waals surface area contributed by atoms with Crippen molar-refractivity contribution < 1.29 is 24.0 Å². The van der Waals surface area contributed by atoms with Crippen molar-refractivity contribution in [3.05, 3.63) is 42.5 Å². The van der Waals surface area contributed by atoms with E-state index >= 15 is 0 Å². The second-order valence-corrected chi connectivity index (χ2v) is 3.18. The summed E-state index contributed by atoms with van der Waals surface area (Å²) in [4.78, 5) is 3.89. The molecule has 2 rings (SSSR count). The van der Waals surface area contributed by atoms with Crippen LogP contribution in [0.15, 0.2) is 52.7 Å². The highest BCUT2D eigenvalue weighted by molar-refractivity contribution is 5.85. The molecular formula is C11H12ClIN5-. The van der Waals surface area contributed by atoms with Gasteiger partial charge in [-0.05, 0) is 24.3 Å². The molecule has 0 unspecified atom stereocenters. The monoisotopic (exact) mass is 376 g/mol. The number of anilines is 2. The zero-order chi connectivity index (χ0) is 11.4. The fourth-order valence-corrected chi connectivity index (χ4v) is 1.17. The number of nitrogens with zero attached hydrogens (tertiary/aromatic N) is 3. The van der Waals surface area contributed by atoms with Crippen LogP contribution in [0.2, 0.25) is 0 Å². The summed E-state index contributed by atoms with van der Waals surface area (Å²) in [7, 11) is 0. The van der Waals surface area contributed by atoms with Gasteiger partial charge in [0.15, 0.2) is 5.82 Å². The maximum absolute atomic E-state index is 5.64. The lowest BCUT2D eigenvalue weighted by molar-refractivity contribution is -0.00000362. The number of nitrogens with two attached hydrogens (primary N) is 2. The molecule has 7 heteroatoms. The number of nitrogen functional groups attached to an aromatic ring is 2. The fourth-order valence-electron chi connectivity index (χ4n) is 1.17. The first kappa shape index (κ1) is 16.6. The molecule has 0 amide bonds. The molecule has 0 aliphatic carbocycles. The first-order chi connectivity index (χ1) is 7.75. The van der Waals surface area contributed by atoms with Gasteiger partial charge in [-0.2, -0.15) is 5.11 Å². The van der Waals surface area contributed by atoms with E-state index in [-0.39, 0.29) is 42.2 Å². The molecule has 0 saturated carbocycles. The van der Waals surface area contributed by atoms with E-state index in [0.29, 0.717) is 11.5 Å². The minimum absolute atomic E-state index is 0. The number of hydrogen-bond acceptors (Lipinski definition) is 5. The lowest BCUT2D eigenvalue weighted by Gasteiger charge is -1.98. The third kappa shape index (κ3) is 4.46. The molecule has 18 heavy (non-hydrogen) atoms. The van der Waals surface area contributed by atoms with Crippen molar-refractivity contribution in [2.24, 2.45) is 10.2 Å². The lowest BCUT2D eigenvalue weighted by Crippen LogP contribution is -3.00. The van der Waals surface area contributed by atoms with Gasteiger partial charge in [0.05, 0.1) is 5.69 Å². The Bertz CT molecular complexity index is 518. The van der Waals surface area contributed by atoms with Crippen LogP contribution in [0.5, 0.6) is 0 Å². The van der Waals surface area contributed by atoms with Crippen molar-refractivity contribution in [2.45, 2.75) is 0 Å². The first-order valence-electron chi connectivity index (χ1n) is 4.74. The van der Waals surface area contributed by atoms with Gasteiger partial charge in [-0.3, -0.25) is 0 Å². The number of rotatable bonds is 2. The van der Waals surface area contributed by atoms with Gasteiger partial charge in [0.1, 0.15) is 11.5 Å². The summed E-state index contributed by atoms with van der Waals surface area (Å²) in [5.74, 6) is 0.649. The molecule has 2 aromatic rings. The molecular weight excluding hydrogens is 365 g/mol. The molecule has 1 heterocycles. The largest absolute Gasteiger partial charge is 1.00 e. The number of azo groups is 1. The number of halogens is 2. The molecule has 0 fully saturated rings. The molecule has 0 spiro atoms. The van der Waals surface area contributed by atoms with Crippen molar-refractivity contribution in [3.63, 3.8) is 0 Å². The van der Waals surface area contributed by atoms with Crippen molar-refractivity contribution in [1.29, 1.82) is 0 Å². The third-order valence-corrected chi connectivity index (χ3v) is 1.95. The van der Waals surface area contributed by atoms with Crippen LogP contribution < -0.4 is 35.4 Å². The molecule has 1 aromatic carbocycles. The second-order valence-electron chi connectivity index (χ2n) is 3.18. The molecule has 0 radical (unpaired) electrons. The molecule has 1 aromatic heterocycles. The molecule has 5 nitrogen and oxygen atoms in total. The second kappa shape index (κ2) is 7.83. The van der Waals surface area contributed by atoms with Crippen LogP contribution >= 0.6 is 12.4 Å². The fraction of sp³-hybridized carbons (Fsp3) is 0. The summed E-state index contributed by atoms with van der Waals surface area (Å²) in [6, 6.07) is 12.7. The molecule has 0 aliphatic rings. The summed E-state index contributed by atoms with van der Waals surface area (Å²) in [5, 5.41) is 8.03. The van der Waals surface area contributed by atoms with E-state index in [1.165, 1.54) is 0 Å². The van der Waals surface area contributed by atoms with Gasteiger partial charge in [0.2, 0.25) is 0 Å². The van der Waals surface area contributed by atoms with Crippen LogP contribution in [0.1, 0.15) is 0 Å². The quantitative estimate of drug-likeness (QED) is 0.575. The lowest BCUT2D eigenvalue weighted by atomic mass is 10.3. The van der Waals surface area contributed by atoms with Crippen LogP contribution in [0.4, 0.5) is 23.0 Å². The van der Waals surface area contributed by atoms with Crippen molar-refractivity contribution >= 4 is 35.4 Å². The summed E-state index contributed by atoms with van der Waals surface area (Å²) in [5.41, 5.74) is 12.4. The molecule has 96 valence electrons. The number of hydrogen-bond donors (Lipinski definition) is 2. The van der Waals surface area contributed by atoms with Gasteiger partial charge in [-0.1, -0.05) is 18.2 Å². The topological polar surface area (TPSA) is 89.6 Å². The highest BCUT2D eigenvalue weighted by Gasteiger charge is 1.98. The SMILES string of the molecule is Cl.Nc1ccc(N=Nc2ccccc2)c(N)n1.[I-]. The smallest absolute Gasteiger partial charge is 0.153 e. The van der Waals surface area contributed by atoms with Gasteiger partial charge in [-0.25, -0.2) is 4.98 Å². The van der Waals surface area contributed by atoms with E-state index in [9.17, 15) is 0 Å². The minimum atomic E-state index is 0. The molecule has 0 bridgehead atoms. The van der Waals surface area contributed by atoms with E-state index in [1.807, 2.05) is 30.3 Å². The van der Waals surface area contributed by atoms with Gasteiger partial charge < -0.3 is 35.4 Å². The Hall–Kier alpha value is -1.41. The van der Waals surface area contributed by atoms with Gasteiger partial charge in [-0.15, -0.1) is 17.5 Å².